The Bertz CT molecular complexity index is 820. The molecule has 0 saturated heterocycles. The number of hydrogen-bond acceptors (Lipinski definition) is 5. The summed E-state index contributed by atoms with van der Waals surface area (Å²) in [5, 5.41) is 0. The van der Waals surface area contributed by atoms with Gasteiger partial charge in [0.1, 0.15) is 0 Å². The topological polar surface area (TPSA) is 68.6 Å². The number of ketones is 1. The number of hydrogen-bond donors (Lipinski definition) is 0. The first-order chi connectivity index (χ1) is 11.5. The Morgan fingerprint density at radius 1 is 1.21 bits per heavy atom. The smallest absolute Gasteiger partial charge is 0.351 e. The molecule has 1 aromatic carbocycles. The zero-order chi connectivity index (χ0) is 17.5. The van der Waals surface area contributed by atoms with Gasteiger partial charge in [-0.05, 0) is 44.5 Å². The number of aliphatic imine (C=N–C) groups is 1. The summed E-state index contributed by atoms with van der Waals surface area (Å²) in [5.41, 5.74) is 2.34. The summed E-state index contributed by atoms with van der Waals surface area (Å²) in [5.74, 6) is 1.28. The molecule has 0 aliphatic heterocycles. The van der Waals surface area contributed by atoms with Gasteiger partial charge in [0.15, 0.2) is 5.57 Å². The predicted octanol–water partition coefficient (Wildman–Crippen LogP) is 3.37. The molecule has 0 aliphatic rings. The van der Waals surface area contributed by atoms with Gasteiger partial charge < -0.3 is 4.74 Å². The number of rotatable bonds is 5. The second-order valence-corrected chi connectivity index (χ2v) is 5.11. The molecule has 0 aliphatic carbocycles. The van der Waals surface area contributed by atoms with Gasteiger partial charge in [-0.2, -0.15) is 0 Å². The lowest BCUT2D eigenvalue weighted by Crippen LogP contribution is -2.17. The molecular weight excluding hydrogens is 304 g/mol. The van der Waals surface area contributed by atoms with Gasteiger partial charge >= 0.3 is 5.97 Å². The van der Waals surface area contributed by atoms with Crippen LogP contribution in [-0.4, -0.2) is 29.2 Å². The van der Waals surface area contributed by atoms with E-state index in [9.17, 15) is 9.59 Å². The Labute approximate surface area is 140 Å². The molecular formula is C19H18N2O3. The fourth-order valence-corrected chi connectivity index (χ4v) is 1.93. The number of pyridine rings is 1. The first-order valence-electron chi connectivity index (χ1n) is 7.56. The highest BCUT2D eigenvalue weighted by Crippen LogP contribution is 2.13. The van der Waals surface area contributed by atoms with Crippen molar-refractivity contribution in [3.8, 4) is 0 Å². The van der Waals surface area contributed by atoms with E-state index in [4.69, 9.17) is 4.74 Å². The fraction of sp³-hybridized carbons (Fsp3) is 0.211. The highest BCUT2D eigenvalue weighted by atomic mass is 16.5. The Balaban J connectivity index is 2.46. The molecule has 5 heteroatoms. The van der Waals surface area contributed by atoms with Crippen LogP contribution in [0.5, 0.6) is 0 Å². The first kappa shape index (κ1) is 17.3. The number of aryl methyl sites for hydroxylation is 2. The lowest BCUT2D eigenvalue weighted by atomic mass is 10.0. The molecule has 24 heavy (non-hydrogen) atoms. The lowest BCUT2D eigenvalue weighted by Gasteiger charge is -2.05. The molecule has 0 saturated carbocycles. The zero-order valence-electron chi connectivity index (χ0n) is 13.9. The van der Waals surface area contributed by atoms with E-state index < -0.39 is 11.8 Å². The van der Waals surface area contributed by atoms with E-state index in [1.807, 2.05) is 19.9 Å². The first-order valence-corrected chi connectivity index (χ1v) is 7.56. The van der Waals surface area contributed by atoms with Crippen LogP contribution < -0.4 is 0 Å². The van der Waals surface area contributed by atoms with Crippen molar-refractivity contribution in [2.45, 2.75) is 20.8 Å². The van der Waals surface area contributed by atoms with Gasteiger partial charge in [-0.1, -0.05) is 18.2 Å². The Morgan fingerprint density at radius 3 is 2.54 bits per heavy atom. The van der Waals surface area contributed by atoms with Crippen molar-refractivity contribution in [3.63, 3.8) is 0 Å². The van der Waals surface area contributed by atoms with Crippen LogP contribution in [0.1, 0.15) is 28.5 Å². The Hall–Kier alpha value is -3.04. The van der Waals surface area contributed by atoms with E-state index in [0.29, 0.717) is 11.3 Å². The van der Waals surface area contributed by atoms with Gasteiger partial charge in [0.05, 0.1) is 12.3 Å². The average molecular weight is 322 g/mol. The van der Waals surface area contributed by atoms with Crippen molar-refractivity contribution < 1.29 is 14.3 Å². The van der Waals surface area contributed by atoms with Crippen LogP contribution in [0.4, 0.5) is 5.69 Å². The third kappa shape index (κ3) is 4.24. The maximum atomic E-state index is 12.6. The van der Waals surface area contributed by atoms with E-state index in [-0.39, 0.29) is 12.2 Å². The number of Topliss-reactive ketones (excluding diaryl/α,β-unsaturated/α-hetero) is 1. The molecule has 2 rings (SSSR count). The van der Waals surface area contributed by atoms with Crippen molar-refractivity contribution in [1.82, 2.24) is 4.98 Å². The van der Waals surface area contributed by atoms with Crippen molar-refractivity contribution in [3.05, 3.63) is 65.0 Å². The molecule has 0 unspecified atom stereocenters. The predicted molar refractivity (Wildman–Crippen MR) is 91.7 cm³/mol. The Morgan fingerprint density at radius 2 is 1.92 bits per heavy atom. The largest absolute Gasteiger partial charge is 0.462 e. The molecule has 0 atom stereocenters. The minimum absolute atomic E-state index is 0.161. The minimum Gasteiger partial charge on any atom is -0.462 e. The fourth-order valence-electron chi connectivity index (χ4n) is 1.93. The summed E-state index contributed by atoms with van der Waals surface area (Å²) in [6.07, 6.45) is 1.44. The van der Waals surface area contributed by atoms with Crippen LogP contribution in [-0.2, 0) is 9.53 Å². The number of esters is 1. The van der Waals surface area contributed by atoms with Crippen molar-refractivity contribution in [2.24, 2.45) is 4.99 Å². The van der Waals surface area contributed by atoms with Crippen LogP contribution in [0, 0.1) is 13.8 Å². The number of carbonyl (C=O) groups is 2. The molecule has 5 nitrogen and oxygen atoms in total. The zero-order valence-corrected chi connectivity index (χ0v) is 13.9. The van der Waals surface area contributed by atoms with Gasteiger partial charge in [0, 0.05) is 23.3 Å². The third-order valence-corrected chi connectivity index (χ3v) is 3.36. The van der Waals surface area contributed by atoms with Crippen molar-refractivity contribution >= 4 is 23.3 Å². The lowest BCUT2D eigenvalue weighted by molar-refractivity contribution is -0.137. The van der Waals surface area contributed by atoms with Gasteiger partial charge in [-0.15, -0.1) is 0 Å². The van der Waals surface area contributed by atoms with E-state index in [1.165, 1.54) is 6.20 Å². The maximum Gasteiger partial charge on any atom is 0.351 e. The molecule has 0 fully saturated rings. The molecule has 122 valence electrons. The second-order valence-electron chi connectivity index (χ2n) is 5.11. The maximum absolute atomic E-state index is 12.6. The highest BCUT2D eigenvalue weighted by molar-refractivity contribution is 6.29. The van der Waals surface area contributed by atoms with Crippen LogP contribution in [0.2, 0.25) is 0 Å². The molecule has 0 amide bonds. The quantitative estimate of drug-likeness (QED) is 0.211. The number of para-hydroxylation sites is 1. The summed E-state index contributed by atoms with van der Waals surface area (Å²) in [7, 11) is 0. The van der Waals surface area contributed by atoms with Gasteiger partial charge in [-0.25, -0.2) is 9.79 Å². The van der Waals surface area contributed by atoms with E-state index in [1.54, 1.807) is 37.3 Å². The molecule has 2 aromatic rings. The van der Waals surface area contributed by atoms with E-state index >= 15 is 0 Å². The van der Waals surface area contributed by atoms with Gasteiger partial charge in [-0.3, -0.25) is 9.78 Å². The number of nitrogens with zero attached hydrogens (tertiary/aromatic N) is 2. The van der Waals surface area contributed by atoms with Crippen LogP contribution in [0.3, 0.4) is 0 Å². The molecule has 0 N–H and O–H groups in total. The van der Waals surface area contributed by atoms with Crippen molar-refractivity contribution in [1.29, 1.82) is 0 Å². The number of benzene rings is 1. The SMILES string of the molecule is CCOC(=O)C(=C=Nc1ccccc1)C(=O)c1cnc(C)c(C)c1. The summed E-state index contributed by atoms with van der Waals surface area (Å²) < 4.78 is 4.95. The summed E-state index contributed by atoms with van der Waals surface area (Å²) in [6, 6.07) is 10.6. The molecule has 1 aromatic heterocycles. The molecule has 0 radical (unpaired) electrons. The minimum atomic E-state index is -0.750. The third-order valence-electron chi connectivity index (χ3n) is 3.36. The number of carbonyl (C=O) groups excluding carboxylic acids is 2. The van der Waals surface area contributed by atoms with E-state index in [0.717, 1.165) is 11.3 Å². The van der Waals surface area contributed by atoms with Crippen LogP contribution in [0.15, 0.2) is 53.2 Å². The monoisotopic (exact) mass is 322 g/mol. The normalized spacial score (nSPS) is 9.79. The summed E-state index contributed by atoms with van der Waals surface area (Å²) in [4.78, 5) is 33.0. The van der Waals surface area contributed by atoms with Crippen molar-refractivity contribution in [2.75, 3.05) is 6.61 Å². The van der Waals surface area contributed by atoms with Gasteiger partial charge in [0.2, 0.25) is 5.78 Å². The summed E-state index contributed by atoms with van der Waals surface area (Å²) >= 11 is 0. The average Bonchev–Trinajstić information content (AvgIpc) is 2.58. The van der Waals surface area contributed by atoms with E-state index in [2.05, 4.69) is 15.8 Å². The highest BCUT2D eigenvalue weighted by Gasteiger charge is 2.22. The molecule has 0 spiro atoms. The second kappa shape index (κ2) is 7.99. The Kier molecular flexibility index (Phi) is 5.77. The number of ether oxygens (including phenoxy) is 1. The standard InChI is InChI=1S/C19H18N2O3/c1-4-24-19(23)17(12-21-16-8-6-5-7-9-16)18(22)15-10-13(2)14(3)20-11-15/h5-11H,4H2,1-3H3. The number of aromatic nitrogens is 1. The van der Waals surface area contributed by atoms with Gasteiger partial charge in [0.25, 0.3) is 0 Å². The van der Waals surface area contributed by atoms with Crippen LogP contribution >= 0.6 is 0 Å². The van der Waals surface area contributed by atoms with Crippen LogP contribution in [0.25, 0.3) is 0 Å². The molecule has 1 heterocycles. The summed E-state index contributed by atoms with van der Waals surface area (Å²) in [6.45, 7) is 5.53. The molecule has 0 bridgehead atoms.